The molecular weight excluding hydrogens is 312 g/mol. The summed E-state index contributed by atoms with van der Waals surface area (Å²) < 4.78 is 11.3. The summed E-state index contributed by atoms with van der Waals surface area (Å²) >= 11 is 0. The predicted octanol–water partition coefficient (Wildman–Crippen LogP) is 1.33. The van der Waals surface area contributed by atoms with E-state index in [0.717, 1.165) is 19.3 Å². The summed E-state index contributed by atoms with van der Waals surface area (Å²) in [5, 5.41) is 8.80. The molecule has 130 valence electrons. The van der Waals surface area contributed by atoms with E-state index in [4.69, 9.17) is 14.6 Å². The maximum absolute atomic E-state index is 12.8. The topological polar surface area (TPSA) is 89.0 Å². The van der Waals surface area contributed by atoms with Gasteiger partial charge in [0.15, 0.2) is 0 Å². The molecule has 0 bridgehead atoms. The van der Waals surface area contributed by atoms with Crippen molar-refractivity contribution in [1.82, 2.24) is 9.88 Å². The summed E-state index contributed by atoms with van der Waals surface area (Å²) in [4.78, 5) is 29.4. The fourth-order valence-corrected chi connectivity index (χ4v) is 3.91. The van der Waals surface area contributed by atoms with Crippen molar-refractivity contribution in [3.8, 4) is 0 Å². The molecule has 0 radical (unpaired) electrons. The van der Waals surface area contributed by atoms with E-state index in [2.05, 4.69) is 4.98 Å². The van der Waals surface area contributed by atoms with Crippen molar-refractivity contribution in [2.75, 3.05) is 20.3 Å². The first-order chi connectivity index (χ1) is 11.6. The molecule has 1 aliphatic heterocycles. The van der Waals surface area contributed by atoms with Gasteiger partial charge in [-0.25, -0.2) is 4.79 Å². The molecule has 1 aromatic rings. The van der Waals surface area contributed by atoms with Crippen LogP contribution < -0.4 is 0 Å². The summed E-state index contributed by atoms with van der Waals surface area (Å²) in [7, 11) is 1.69. The Bertz CT molecular complexity index is 608. The number of likely N-dealkylation sites (tertiary alicyclic amines) is 1. The van der Waals surface area contributed by atoms with Crippen LogP contribution in [-0.2, 0) is 14.3 Å². The smallest absolute Gasteiger partial charge is 0.329 e. The van der Waals surface area contributed by atoms with Gasteiger partial charge in [-0.2, -0.15) is 0 Å². The van der Waals surface area contributed by atoms with Crippen molar-refractivity contribution in [3.05, 3.63) is 30.1 Å². The average Bonchev–Trinajstić information content (AvgIpc) is 2.99. The number of carboxylic acid groups (broad SMARTS) is 1. The van der Waals surface area contributed by atoms with Gasteiger partial charge in [-0.1, -0.05) is 0 Å². The Morgan fingerprint density at radius 2 is 2.12 bits per heavy atom. The molecule has 0 aromatic carbocycles. The van der Waals surface area contributed by atoms with Gasteiger partial charge in [0.2, 0.25) is 0 Å². The number of rotatable bonds is 5. The van der Waals surface area contributed by atoms with Crippen LogP contribution in [0.1, 0.15) is 36.0 Å². The number of hydrogen-bond donors (Lipinski definition) is 1. The highest BCUT2D eigenvalue weighted by molar-refractivity contribution is 5.94. The van der Waals surface area contributed by atoms with E-state index in [-0.39, 0.29) is 30.3 Å². The molecule has 2 aliphatic rings. The molecule has 1 saturated heterocycles. The van der Waals surface area contributed by atoms with Crippen LogP contribution in [0.4, 0.5) is 0 Å². The van der Waals surface area contributed by atoms with Gasteiger partial charge in [0.25, 0.3) is 5.91 Å². The molecule has 2 fully saturated rings. The number of carboxylic acids is 1. The van der Waals surface area contributed by atoms with E-state index in [1.807, 2.05) is 4.90 Å². The maximum atomic E-state index is 12.8. The van der Waals surface area contributed by atoms with Gasteiger partial charge >= 0.3 is 5.97 Å². The minimum Gasteiger partial charge on any atom is -0.480 e. The molecule has 2 heterocycles. The lowest BCUT2D eigenvalue weighted by Gasteiger charge is -2.43. The van der Waals surface area contributed by atoms with Crippen molar-refractivity contribution >= 4 is 11.9 Å². The molecule has 1 N–H and O–H groups in total. The second kappa shape index (κ2) is 6.86. The molecule has 0 spiro atoms. The van der Waals surface area contributed by atoms with E-state index in [9.17, 15) is 9.59 Å². The summed E-state index contributed by atoms with van der Waals surface area (Å²) in [5.41, 5.74) is 0.247. The Hall–Kier alpha value is -1.99. The number of fused-ring (bicyclic) bond motifs is 1. The van der Waals surface area contributed by atoms with Gasteiger partial charge in [0.1, 0.15) is 6.61 Å². The van der Waals surface area contributed by atoms with E-state index in [0.29, 0.717) is 18.5 Å². The number of methoxy groups -OCH3 is 1. The predicted molar refractivity (Wildman–Crippen MR) is 84.6 cm³/mol. The van der Waals surface area contributed by atoms with Gasteiger partial charge in [0.05, 0.1) is 17.7 Å². The maximum Gasteiger partial charge on any atom is 0.329 e. The van der Waals surface area contributed by atoms with E-state index in [1.54, 1.807) is 31.6 Å². The fourth-order valence-electron chi connectivity index (χ4n) is 3.91. The zero-order valence-corrected chi connectivity index (χ0v) is 13.7. The van der Waals surface area contributed by atoms with Crippen LogP contribution in [-0.4, -0.2) is 64.9 Å². The minimum absolute atomic E-state index is 0.0415. The second-order valence-corrected chi connectivity index (χ2v) is 6.37. The molecule has 3 rings (SSSR count). The van der Waals surface area contributed by atoms with Crippen LogP contribution in [0.3, 0.4) is 0 Å². The highest BCUT2D eigenvalue weighted by Crippen LogP contribution is 2.43. The van der Waals surface area contributed by atoms with Crippen molar-refractivity contribution in [3.63, 3.8) is 0 Å². The van der Waals surface area contributed by atoms with Crippen LogP contribution >= 0.6 is 0 Å². The van der Waals surface area contributed by atoms with Gasteiger partial charge in [-0.05, 0) is 37.8 Å². The molecule has 2 unspecified atom stereocenters. The molecule has 3 atom stereocenters. The average molecular weight is 334 g/mol. The normalized spacial score (nSPS) is 29.3. The molecule has 7 nitrogen and oxygen atoms in total. The first kappa shape index (κ1) is 16.9. The largest absolute Gasteiger partial charge is 0.480 e. The molecule has 1 saturated carbocycles. The number of aromatic nitrogens is 1. The Morgan fingerprint density at radius 1 is 1.38 bits per heavy atom. The number of carbonyl (C=O) groups excluding carboxylic acids is 1. The van der Waals surface area contributed by atoms with Crippen LogP contribution in [0, 0.1) is 0 Å². The van der Waals surface area contributed by atoms with Gasteiger partial charge in [-0.15, -0.1) is 0 Å². The molecular formula is C17H22N2O5. The van der Waals surface area contributed by atoms with Gasteiger partial charge < -0.3 is 19.5 Å². The van der Waals surface area contributed by atoms with Crippen molar-refractivity contribution in [1.29, 1.82) is 0 Å². The lowest BCUT2D eigenvalue weighted by molar-refractivity contribution is -0.148. The van der Waals surface area contributed by atoms with Crippen LogP contribution in [0.5, 0.6) is 0 Å². The van der Waals surface area contributed by atoms with Crippen molar-refractivity contribution < 1.29 is 24.2 Å². The van der Waals surface area contributed by atoms with Crippen LogP contribution in [0.2, 0.25) is 0 Å². The monoisotopic (exact) mass is 334 g/mol. The van der Waals surface area contributed by atoms with E-state index >= 15 is 0 Å². The Kier molecular flexibility index (Phi) is 4.82. The highest BCUT2D eigenvalue weighted by Gasteiger charge is 2.52. The number of amides is 1. The lowest BCUT2D eigenvalue weighted by atomic mass is 9.79. The number of hydrogen-bond acceptors (Lipinski definition) is 5. The Labute approximate surface area is 140 Å². The third-order valence-corrected chi connectivity index (χ3v) is 5.17. The number of carbonyl (C=O) groups is 2. The zero-order chi connectivity index (χ0) is 17.2. The van der Waals surface area contributed by atoms with Crippen molar-refractivity contribution in [2.24, 2.45) is 0 Å². The summed E-state index contributed by atoms with van der Waals surface area (Å²) in [6, 6.07) is 3.31. The second-order valence-electron chi connectivity index (χ2n) is 6.37. The Balaban J connectivity index is 1.77. The molecule has 1 aromatic heterocycles. The standard InChI is InChI=1S/C17H22N2O5/c1-23-17-5-2-13(24-11-15(20)21)10-14(17)19(9-6-17)16(22)12-3-7-18-8-4-12/h3-4,7-8,13-14H,2,5-6,9-11H2,1H3,(H,20,21)/t13?,14?,17-/m1/s1. The lowest BCUT2D eigenvalue weighted by Crippen LogP contribution is -2.53. The first-order valence-electron chi connectivity index (χ1n) is 8.15. The molecule has 1 aliphatic carbocycles. The molecule has 1 amide bonds. The Morgan fingerprint density at radius 3 is 2.79 bits per heavy atom. The van der Waals surface area contributed by atoms with Crippen LogP contribution in [0.25, 0.3) is 0 Å². The molecule has 24 heavy (non-hydrogen) atoms. The fraction of sp³-hybridized carbons (Fsp3) is 0.588. The number of pyridine rings is 1. The highest BCUT2D eigenvalue weighted by atomic mass is 16.5. The summed E-state index contributed by atoms with van der Waals surface area (Å²) in [5.74, 6) is -1.02. The van der Waals surface area contributed by atoms with Crippen molar-refractivity contribution in [2.45, 2.75) is 43.4 Å². The minimum atomic E-state index is -0.977. The van der Waals surface area contributed by atoms with Gasteiger partial charge in [0, 0.05) is 31.6 Å². The number of ether oxygens (including phenoxy) is 2. The summed E-state index contributed by atoms with van der Waals surface area (Å²) in [6.45, 7) is 0.320. The van der Waals surface area contributed by atoms with Gasteiger partial charge in [-0.3, -0.25) is 9.78 Å². The summed E-state index contributed by atoms with van der Waals surface area (Å²) in [6.07, 6.45) is 5.93. The SMILES string of the molecule is CO[C@@]12CCC(OCC(=O)O)CC1N(C(=O)c1ccncc1)CC2. The van der Waals surface area contributed by atoms with Crippen LogP contribution in [0.15, 0.2) is 24.5 Å². The zero-order valence-electron chi connectivity index (χ0n) is 13.7. The van der Waals surface area contributed by atoms with E-state index in [1.165, 1.54) is 0 Å². The van der Waals surface area contributed by atoms with E-state index < -0.39 is 5.97 Å². The molecule has 7 heteroatoms. The quantitative estimate of drug-likeness (QED) is 0.874. The number of aliphatic carboxylic acids is 1. The first-order valence-corrected chi connectivity index (χ1v) is 8.15. The third kappa shape index (κ3) is 3.14. The number of nitrogens with zero attached hydrogens (tertiary/aromatic N) is 2. The third-order valence-electron chi connectivity index (χ3n) is 5.17.